The lowest BCUT2D eigenvalue weighted by atomic mass is 10.2. The van der Waals surface area contributed by atoms with Gasteiger partial charge in [0.05, 0.1) is 7.11 Å². The predicted molar refractivity (Wildman–Crippen MR) is 71.2 cm³/mol. The lowest BCUT2D eigenvalue weighted by Gasteiger charge is -2.05. The van der Waals surface area contributed by atoms with Crippen LogP contribution in [0, 0.1) is 0 Å². The second-order valence-corrected chi connectivity index (χ2v) is 3.71. The maximum absolute atomic E-state index is 11.7. The van der Waals surface area contributed by atoms with Crippen molar-refractivity contribution in [2.75, 3.05) is 13.7 Å². The van der Waals surface area contributed by atoms with E-state index in [1.807, 2.05) is 0 Å². The van der Waals surface area contributed by atoms with Gasteiger partial charge in [0.1, 0.15) is 5.75 Å². The molecule has 0 saturated heterocycles. The molecule has 0 aliphatic heterocycles. The number of rotatable bonds is 5. The summed E-state index contributed by atoms with van der Waals surface area (Å²) in [5.41, 5.74) is 0.305. The SMILES string of the molecule is C/C=C/C(=O)OCC(=O)NC(=O)c1ccc(OC)cc1. The van der Waals surface area contributed by atoms with Crippen LogP contribution >= 0.6 is 0 Å². The van der Waals surface area contributed by atoms with Crippen LogP contribution in [0.25, 0.3) is 0 Å². The van der Waals surface area contributed by atoms with Gasteiger partial charge in [0.15, 0.2) is 6.61 Å². The van der Waals surface area contributed by atoms with Crippen LogP contribution in [0.5, 0.6) is 5.75 Å². The first-order valence-electron chi connectivity index (χ1n) is 5.84. The molecule has 6 heteroatoms. The third kappa shape index (κ3) is 4.93. The van der Waals surface area contributed by atoms with Gasteiger partial charge in [0.25, 0.3) is 11.8 Å². The summed E-state index contributed by atoms with van der Waals surface area (Å²) in [5.74, 6) is -1.30. The highest BCUT2D eigenvalue weighted by Crippen LogP contribution is 2.10. The molecule has 0 spiro atoms. The van der Waals surface area contributed by atoms with E-state index in [1.54, 1.807) is 19.1 Å². The zero-order valence-corrected chi connectivity index (χ0v) is 11.2. The zero-order chi connectivity index (χ0) is 15.0. The number of nitrogens with one attached hydrogen (secondary N) is 1. The number of hydrogen-bond donors (Lipinski definition) is 1. The maximum atomic E-state index is 11.7. The second kappa shape index (κ2) is 7.73. The number of imide groups is 1. The third-order valence-corrected chi connectivity index (χ3v) is 2.25. The highest BCUT2D eigenvalue weighted by atomic mass is 16.5. The minimum atomic E-state index is -0.691. The molecule has 0 radical (unpaired) electrons. The van der Waals surface area contributed by atoms with Gasteiger partial charge in [0, 0.05) is 11.6 Å². The van der Waals surface area contributed by atoms with Crippen molar-refractivity contribution in [3.63, 3.8) is 0 Å². The van der Waals surface area contributed by atoms with Crippen LogP contribution in [-0.4, -0.2) is 31.5 Å². The highest BCUT2D eigenvalue weighted by Gasteiger charge is 2.11. The molecule has 1 aromatic carbocycles. The van der Waals surface area contributed by atoms with Crippen molar-refractivity contribution in [2.45, 2.75) is 6.92 Å². The molecule has 1 N–H and O–H groups in total. The van der Waals surface area contributed by atoms with E-state index >= 15 is 0 Å². The van der Waals surface area contributed by atoms with Crippen LogP contribution in [0.4, 0.5) is 0 Å². The fraction of sp³-hybridized carbons (Fsp3) is 0.214. The Bertz CT molecular complexity index is 519. The summed E-state index contributed by atoms with van der Waals surface area (Å²) in [4.78, 5) is 34.1. The van der Waals surface area contributed by atoms with Crippen molar-refractivity contribution >= 4 is 17.8 Å². The summed E-state index contributed by atoms with van der Waals surface area (Å²) in [6, 6.07) is 6.25. The number of benzene rings is 1. The summed E-state index contributed by atoms with van der Waals surface area (Å²) in [7, 11) is 1.51. The van der Waals surface area contributed by atoms with Gasteiger partial charge in [-0.2, -0.15) is 0 Å². The van der Waals surface area contributed by atoms with Gasteiger partial charge in [-0.1, -0.05) is 6.08 Å². The van der Waals surface area contributed by atoms with Crippen molar-refractivity contribution in [1.29, 1.82) is 0 Å². The lowest BCUT2D eigenvalue weighted by molar-refractivity contribution is -0.143. The maximum Gasteiger partial charge on any atom is 0.330 e. The fourth-order valence-electron chi connectivity index (χ4n) is 1.30. The van der Waals surface area contributed by atoms with E-state index < -0.39 is 24.4 Å². The molecule has 1 rings (SSSR count). The monoisotopic (exact) mass is 277 g/mol. The summed E-state index contributed by atoms with van der Waals surface area (Å²) in [5, 5.41) is 2.11. The van der Waals surface area contributed by atoms with Crippen molar-refractivity contribution in [3.05, 3.63) is 42.0 Å². The molecule has 2 amide bonds. The Balaban J connectivity index is 2.48. The average molecular weight is 277 g/mol. The molecule has 0 unspecified atom stereocenters. The molecular formula is C14H15NO5. The molecule has 1 aromatic rings. The Morgan fingerprint density at radius 2 is 1.85 bits per heavy atom. The van der Waals surface area contributed by atoms with Crippen molar-refractivity contribution in [2.24, 2.45) is 0 Å². The summed E-state index contributed by atoms with van der Waals surface area (Å²) in [6.07, 6.45) is 2.67. The molecule has 0 saturated carbocycles. The van der Waals surface area contributed by atoms with Crippen LogP contribution < -0.4 is 10.1 Å². The number of esters is 1. The third-order valence-electron chi connectivity index (χ3n) is 2.25. The van der Waals surface area contributed by atoms with E-state index in [0.717, 1.165) is 0 Å². The standard InChI is InChI=1S/C14H15NO5/c1-3-4-13(17)20-9-12(16)15-14(18)10-5-7-11(19-2)8-6-10/h3-8H,9H2,1-2H3,(H,15,16,18)/b4-3+. The van der Waals surface area contributed by atoms with Gasteiger partial charge in [-0.3, -0.25) is 14.9 Å². The van der Waals surface area contributed by atoms with Crippen molar-refractivity contribution in [3.8, 4) is 5.75 Å². The van der Waals surface area contributed by atoms with E-state index in [2.05, 4.69) is 10.1 Å². The van der Waals surface area contributed by atoms with E-state index in [4.69, 9.17) is 4.74 Å². The topological polar surface area (TPSA) is 81.7 Å². The molecule has 0 bridgehead atoms. The molecule has 6 nitrogen and oxygen atoms in total. The van der Waals surface area contributed by atoms with Crippen LogP contribution in [0.1, 0.15) is 17.3 Å². The Kier molecular flexibility index (Phi) is 5.96. The number of allylic oxidation sites excluding steroid dienone is 1. The Morgan fingerprint density at radius 3 is 2.40 bits per heavy atom. The number of carbonyl (C=O) groups excluding carboxylic acids is 3. The Labute approximate surface area is 116 Å². The summed E-state index contributed by atoms with van der Waals surface area (Å²) < 4.78 is 9.56. The molecule has 106 valence electrons. The number of methoxy groups -OCH3 is 1. The average Bonchev–Trinajstić information content (AvgIpc) is 2.45. The van der Waals surface area contributed by atoms with Crippen LogP contribution in [0.2, 0.25) is 0 Å². The minimum Gasteiger partial charge on any atom is -0.497 e. The number of carbonyl (C=O) groups is 3. The van der Waals surface area contributed by atoms with Crippen molar-refractivity contribution in [1.82, 2.24) is 5.32 Å². The van der Waals surface area contributed by atoms with Gasteiger partial charge in [0.2, 0.25) is 0 Å². The quantitative estimate of drug-likeness (QED) is 0.643. The molecule has 0 aliphatic carbocycles. The summed E-state index contributed by atoms with van der Waals surface area (Å²) in [6.45, 7) is 1.14. The predicted octanol–water partition coefficient (Wildman–Crippen LogP) is 1.07. The van der Waals surface area contributed by atoms with Gasteiger partial charge in [-0.25, -0.2) is 4.79 Å². The van der Waals surface area contributed by atoms with Gasteiger partial charge in [-0.15, -0.1) is 0 Å². The van der Waals surface area contributed by atoms with Gasteiger partial charge < -0.3 is 9.47 Å². The molecule has 0 aliphatic rings. The van der Waals surface area contributed by atoms with E-state index in [-0.39, 0.29) is 0 Å². The van der Waals surface area contributed by atoms with Crippen LogP contribution in [0.15, 0.2) is 36.4 Å². The Morgan fingerprint density at radius 1 is 1.20 bits per heavy atom. The first-order valence-corrected chi connectivity index (χ1v) is 5.84. The minimum absolute atomic E-state index is 0.305. The normalized spacial score (nSPS) is 10.1. The van der Waals surface area contributed by atoms with Gasteiger partial charge in [-0.05, 0) is 31.2 Å². The molecule has 0 aromatic heterocycles. The number of hydrogen-bond acceptors (Lipinski definition) is 5. The highest BCUT2D eigenvalue weighted by molar-refractivity contribution is 6.05. The lowest BCUT2D eigenvalue weighted by Crippen LogP contribution is -2.34. The van der Waals surface area contributed by atoms with Crippen LogP contribution in [-0.2, 0) is 14.3 Å². The molecule has 0 heterocycles. The molecule has 20 heavy (non-hydrogen) atoms. The smallest absolute Gasteiger partial charge is 0.330 e. The molecule has 0 atom stereocenters. The van der Waals surface area contributed by atoms with Gasteiger partial charge >= 0.3 is 5.97 Å². The van der Waals surface area contributed by atoms with E-state index in [1.165, 1.54) is 31.4 Å². The second-order valence-electron chi connectivity index (χ2n) is 3.71. The van der Waals surface area contributed by atoms with E-state index in [0.29, 0.717) is 11.3 Å². The van der Waals surface area contributed by atoms with Crippen molar-refractivity contribution < 1.29 is 23.9 Å². The Hall–Kier alpha value is -2.63. The number of amides is 2. The fourth-order valence-corrected chi connectivity index (χ4v) is 1.30. The number of ether oxygens (including phenoxy) is 2. The zero-order valence-electron chi connectivity index (χ0n) is 11.2. The summed E-state index contributed by atoms with van der Waals surface area (Å²) >= 11 is 0. The molecular weight excluding hydrogens is 262 g/mol. The first kappa shape index (κ1) is 15.4. The largest absolute Gasteiger partial charge is 0.497 e. The molecule has 0 fully saturated rings. The first-order chi connectivity index (χ1) is 9.56. The van der Waals surface area contributed by atoms with Crippen LogP contribution in [0.3, 0.4) is 0 Å². The van der Waals surface area contributed by atoms with E-state index in [9.17, 15) is 14.4 Å².